The van der Waals surface area contributed by atoms with Gasteiger partial charge in [-0.15, -0.1) is 11.3 Å². The summed E-state index contributed by atoms with van der Waals surface area (Å²) in [4.78, 5) is 22.2. The lowest BCUT2D eigenvalue weighted by atomic mass is 10.2. The lowest BCUT2D eigenvalue weighted by Crippen LogP contribution is -2.28. The summed E-state index contributed by atoms with van der Waals surface area (Å²) >= 11 is 1.44. The first-order chi connectivity index (χ1) is 12.0. The summed E-state index contributed by atoms with van der Waals surface area (Å²) in [5.74, 6) is -1.49. The molecule has 2 heterocycles. The summed E-state index contributed by atoms with van der Waals surface area (Å²) in [6.07, 6.45) is 3.52. The molecule has 1 aromatic carbocycles. The van der Waals surface area contributed by atoms with Gasteiger partial charge in [-0.1, -0.05) is 6.07 Å². The summed E-state index contributed by atoms with van der Waals surface area (Å²) < 4.78 is 26.6. The topological polar surface area (TPSA) is 46.1 Å². The van der Waals surface area contributed by atoms with E-state index in [2.05, 4.69) is 9.97 Å². The van der Waals surface area contributed by atoms with Gasteiger partial charge in [-0.2, -0.15) is 0 Å². The molecular weight excluding hydrogens is 344 g/mol. The van der Waals surface area contributed by atoms with E-state index in [1.165, 1.54) is 28.4 Å². The zero-order valence-corrected chi connectivity index (χ0v) is 14.3. The lowest BCUT2D eigenvalue weighted by Gasteiger charge is -2.17. The van der Waals surface area contributed by atoms with E-state index < -0.39 is 11.6 Å². The first-order valence-electron chi connectivity index (χ1n) is 7.55. The molecular formula is C18H15F2N3OS. The van der Waals surface area contributed by atoms with E-state index in [9.17, 15) is 13.6 Å². The monoisotopic (exact) mass is 359 g/mol. The van der Waals surface area contributed by atoms with Crippen LogP contribution in [-0.2, 0) is 17.8 Å². The molecule has 0 saturated carbocycles. The van der Waals surface area contributed by atoms with Crippen molar-refractivity contribution in [3.63, 3.8) is 0 Å². The van der Waals surface area contributed by atoms with Crippen molar-refractivity contribution in [1.29, 1.82) is 0 Å². The van der Waals surface area contributed by atoms with Crippen LogP contribution in [0.4, 0.5) is 8.78 Å². The zero-order valence-electron chi connectivity index (χ0n) is 13.4. The Hall–Kier alpha value is -2.67. The van der Waals surface area contributed by atoms with Crippen LogP contribution in [0.25, 0.3) is 10.6 Å². The van der Waals surface area contributed by atoms with Gasteiger partial charge in [-0.05, 0) is 18.2 Å². The van der Waals surface area contributed by atoms with Crippen LogP contribution in [-0.4, -0.2) is 27.8 Å². The SMILES string of the molecule is CN(Cc1ccc(F)cc1F)C(=O)Cc1csc(-c2cccnc2)n1. The summed E-state index contributed by atoms with van der Waals surface area (Å²) in [5.41, 5.74) is 1.82. The number of likely N-dealkylation sites (N-methyl/N-ethyl adjacent to an activating group) is 1. The quantitative estimate of drug-likeness (QED) is 0.698. The van der Waals surface area contributed by atoms with Crippen molar-refractivity contribution >= 4 is 17.2 Å². The number of benzene rings is 1. The molecule has 0 spiro atoms. The molecule has 0 aliphatic rings. The number of aromatic nitrogens is 2. The molecule has 7 heteroatoms. The van der Waals surface area contributed by atoms with Crippen molar-refractivity contribution in [2.45, 2.75) is 13.0 Å². The van der Waals surface area contributed by atoms with Gasteiger partial charge in [-0.25, -0.2) is 13.8 Å². The van der Waals surface area contributed by atoms with E-state index >= 15 is 0 Å². The highest BCUT2D eigenvalue weighted by Gasteiger charge is 2.15. The Labute approximate surface area is 147 Å². The van der Waals surface area contributed by atoms with Crippen molar-refractivity contribution in [2.75, 3.05) is 7.05 Å². The van der Waals surface area contributed by atoms with E-state index in [-0.39, 0.29) is 24.4 Å². The van der Waals surface area contributed by atoms with E-state index in [0.29, 0.717) is 5.69 Å². The van der Waals surface area contributed by atoms with Gasteiger partial charge in [0.1, 0.15) is 16.6 Å². The van der Waals surface area contributed by atoms with Gasteiger partial charge in [-0.3, -0.25) is 9.78 Å². The van der Waals surface area contributed by atoms with Crippen molar-refractivity contribution in [1.82, 2.24) is 14.9 Å². The first-order valence-corrected chi connectivity index (χ1v) is 8.43. The number of halogens is 2. The van der Waals surface area contributed by atoms with Crippen LogP contribution in [0.2, 0.25) is 0 Å². The van der Waals surface area contributed by atoms with Crippen LogP contribution in [0, 0.1) is 11.6 Å². The summed E-state index contributed by atoms with van der Waals surface area (Å²) in [7, 11) is 1.58. The Kier molecular flexibility index (Phi) is 5.14. The standard InChI is InChI=1S/C18H15F2N3OS/c1-23(10-13-4-5-14(19)7-16(13)20)17(24)8-15-11-25-18(22-15)12-3-2-6-21-9-12/h2-7,9,11H,8,10H2,1H3. The molecule has 0 radical (unpaired) electrons. The minimum atomic E-state index is -0.660. The molecule has 3 rings (SSSR count). The molecule has 0 aliphatic carbocycles. The Morgan fingerprint density at radius 3 is 2.84 bits per heavy atom. The first kappa shape index (κ1) is 17.2. The fraction of sp³-hybridized carbons (Fsp3) is 0.167. The Morgan fingerprint density at radius 2 is 2.12 bits per heavy atom. The molecule has 0 atom stereocenters. The van der Waals surface area contributed by atoms with Crippen molar-refractivity contribution in [3.8, 4) is 10.6 Å². The van der Waals surface area contributed by atoms with Gasteiger partial charge in [0.2, 0.25) is 5.91 Å². The minimum Gasteiger partial charge on any atom is -0.341 e. The van der Waals surface area contributed by atoms with E-state index in [1.807, 2.05) is 17.5 Å². The maximum Gasteiger partial charge on any atom is 0.228 e. The Bertz CT molecular complexity index is 883. The van der Waals surface area contributed by atoms with E-state index in [0.717, 1.165) is 16.6 Å². The highest BCUT2D eigenvalue weighted by molar-refractivity contribution is 7.13. The second-order valence-electron chi connectivity index (χ2n) is 5.55. The van der Waals surface area contributed by atoms with Gasteiger partial charge < -0.3 is 4.90 Å². The van der Waals surface area contributed by atoms with Gasteiger partial charge in [0.05, 0.1) is 12.1 Å². The molecule has 0 unspecified atom stereocenters. The Balaban J connectivity index is 1.65. The molecule has 25 heavy (non-hydrogen) atoms. The number of carbonyl (C=O) groups is 1. The highest BCUT2D eigenvalue weighted by atomic mass is 32.1. The predicted molar refractivity (Wildman–Crippen MR) is 91.9 cm³/mol. The zero-order chi connectivity index (χ0) is 17.8. The van der Waals surface area contributed by atoms with E-state index in [4.69, 9.17) is 0 Å². The maximum absolute atomic E-state index is 13.7. The van der Waals surface area contributed by atoms with Crippen LogP contribution in [0.3, 0.4) is 0 Å². The fourth-order valence-corrected chi connectivity index (χ4v) is 3.10. The number of rotatable bonds is 5. The summed E-state index contributed by atoms with van der Waals surface area (Å²) in [6.45, 7) is 0.0740. The number of hydrogen-bond donors (Lipinski definition) is 0. The number of hydrogen-bond acceptors (Lipinski definition) is 4. The molecule has 0 saturated heterocycles. The molecule has 0 aliphatic heterocycles. The van der Waals surface area contributed by atoms with Crippen LogP contribution >= 0.6 is 11.3 Å². The molecule has 0 bridgehead atoms. The smallest absolute Gasteiger partial charge is 0.228 e. The average Bonchev–Trinajstić information content (AvgIpc) is 3.06. The van der Waals surface area contributed by atoms with Crippen molar-refractivity contribution in [3.05, 3.63) is 71.0 Å². The summed E-state index contributed by atoms with van der Waals surface area (Å²) in [5, 5.41) is 2.62. The van der Waals surface area contributed by atoms with Crippen LogP contribution in [0.15, 0.2) is 48.1 Å². The fourth-order valence-electron chi connectivity index (χ4n) is 2.29. The summed E-state index contributed by atoms with van der Waals surface area (Å²) in [6, 6.07) is 7.07. The maximum atomic E-state index is 13.7. The third-order valence-electron chi connectivity index (χ3n) is 3.64. The highest BCUT2D eigenvalue weighted by Crippen LogP contribution is 2.23. The van der Waals surface area contributed by atoms with Gasteiger partial charge in [0, 0.05) is 48.6 Å². The van der Waals surface area contributed by atoms with Crippen LogP contribution < -0.4 is 0 Å². The number of carbonyl (C=O) groups excluding carboxylic acids is 1. The third kappa shape index (κ3) is 4.24. The second kappa shape index (κ2) is 7.48. The number of amides is 1. The van der Waals surface area contributed by atoms with Gasteiger partial charge in [0.25, 0.3) is 0 Å². The molecule has 2 aromatic heterocycles. The third-order valence-corrected chi connectivity index (χ3v) is 4.58. The molecule has 1 amide bonds. The average molecular weight is 359 g/mol. The van der Waals surface area contributed by atoms with Gasteiger partial charge in [0.15, 0.2) is 0 Å². The van der Waals surface area contributed by atoms with Crippen molar-refractivity contribution in [2.24, 2.45) is 0 Å². The minimum absolute atomic E-state index is 0.0740. The molecule has 0 N–H and O–H groups in total. The Morgan fingerprint density at radius 1 is 1.28 bits per heavy atom. The normalized spacial score (nSPS) is 10.7. The predicted octanol–water partition coefficient (Wildman–Crippen LogP) is 3.68. The van der Waals surface area contributed by atoms with Crippen LogP contribution in [0.5, 0.6) is 0 Å². The second-order valence-corrected chi connectivity index (χ2v) is 6.41. The van der Waals surface area contributed by atoms with Gasteiger partial charge >= 0.3 is 0 Å². The number of thiazole rings is 1. The lowest BCUT2D eigenvalue weighted by molar-refractivity contribution is -0.129. The number of pyridine rings is 1. The molecule has 3 aromatic rings. The molecule has 128 valence electrons. The van der Waals surface area contributed by atoms with E-state index in [1.54, 1.807) is 19.4 Å². The molecule has 0 fully saturated rings. The van der Waals surface area contributed by atoms with Crippen LogP contribution in [0.1, 0.15) is 11.3 Å². The molecule has 4 nitrogen and oxygen atoms in total. The number of nitrogens with zero attached hydrogens (tertiary/aromatic N) is 3. The largest absolute Gasteiger partial charge is 0.341 e. The van der Waals surface area contributed by atoms with Crippen molar-refractivity contribution < 1.29 is 13.6 Å².